The summed E-state index contributed by atoms with van der Waals surface area (Å²) >= 11 is 0. The van der Waals surface area contributed by atoms with Gasteiger partial charge in [-0.05, 0) is 31.9 Å². The summed E-state index contributed by atoms with van der Waals surface area (Å²) in [5.41, 5.74) is 10.2. The van der Waals surface area contributed by atoms with E-state index in [-0.39, 0.29) is 0 Å². The Morgan fingerprint density at radius 3 is 2.59 bits per heavy atom. The lowest BCUT2D eigenvalue weighted by Gasteiger charge is -2.05. The molecular formula is C13H16N4. The predicted molar refractivity (Wildman–Crippen MR) is 66.0 cm³/mol. The molecule has 88 valence electrons. The van der Waals surface area contributed by atoms with Crippen LogP contribution in [0.2, 0.25) is 0 Å². The second-order valence-corrected chi connectivity index (χ2v) is 4.65. The fourth-order valence-electron chi connectivity index (χ4n) is 2.07. The molecule has 0 bridgehead atoms. The molecule has 0 atom stereocenters. The van der Waals surface area contributed by atoms with E-state index in [0.29, 0.717) is 12.5 Å². The van der Waals surface area contributed by atoms with E-state index in [1.165, 1.54) is 18.4 Å². The van der Waals surface area contributed by atoms with Crippen LogP contribution in [0, 0.1) is 6.92 Å². The minimum Gasteiger partial charge on any atom is -0.325 e. The predicted octanol–water partition coefficient (Wildman–Crippen LogP) is 1.91. The van der Waals surface area contributed by atoms with Gasteiger partial charge in [0.25, 0.3) is 0 Å². The second-order valence-electron chi connectivity index (χ2n) is 4.65. The number of hydrogen-bond donors (Lipinski definition) is 1. The average molecular weight is 228 g/mol. The van der Waals surface area contributed by atoms with E-state index in [1.807, 2.05) is 4.68 Å². The van der Waals surface area contributed by atoms with Gasteiger partial charge in [-0.25, -0.2) is 4.68 Å². The fraction of sp³-hybridized carbons (Fsp3) is 0.385. The van der Waals surface area contributed by atoms with Crippen molar-refractivity contribution in [1.29, 1.82) is 0 Å². The lowest BCUT2D eigenvalue weighted by Crippen LogP contribution is -2.08. The van der Waals surface area contributed by atoms with Gasteiger partial charge in [0.1, 0.15) is 0 Å². The molecule has 1 aliphatic carbocycles. The van der Waals surface area contributed by atoms with E-state index in [2.05, 4.69) is 41.5 Å². The number of benzene rings is 1. The molecule has 3 rings (SSSR count). The highest BCUT2D eigenvalue weighted by Crippen LogP contribution is 2.40. The quantitative estimate of drug-likeness (QED) is 0.873. The summed E-state index contributed by atoms with van der Waals surface area (Å²) in [5.74, 6) is 0.591. The second kappa shape index (κ2) is 3.96. The van der Waals surface area contributed by atoms with Crippen LogP contribution in [-0.2, 0) is 6.54 Å². The Balaban J connectivity index is 2.04. The SMILES string of the molecule is Cc1ccc(-n2nnc(C3CC3)c2CN)cc1. The molecule has 2 N–H and O–H groups in total. The van der Waals surface area contributed by atoms with Gasteiger partial charge < -0.3 is 5.73 Å². The lowest BCUT2D eigenvalue weighted by atomic mass is 10.2. The molecule has 0 spiro atoms. The third-order valence-corrected chi connectivity index (χ3v) is 3.23. The summed E-state index contributed by atoms with van der Waals surface area (Å²) < 4.78 is 1.87. The molecule has 1 fully saturated rings. The monoisotopic (exact) mass is 228 g/mol. The summed E-state index contributed by atoms with van der Waals surface area (Å²) in [5, 5.41) is 8.52. The molecule has 0 aliphatic heterocycles. The number of nitrogens with zero attached hydrogens (tertiary/aromatic N) is 3. The Morgan fingerprint density at radius 1 is 1.29 bits per heavy atom. The number of rotatable bonds is 3. The first-order valence-electron chi connectivity index (χ1n) is 6.01. The molecule has 1 aliphatic rings. The van der Waals surface area contributed by atoms with Crippen LogP contribution in [0.15, 0.2) is 24.3 Å². The number of nitrogens with two attached hydrogens (primary N) is 1. The highest BCUT2D eigenvalue weighted by molar-refractivity contribution is 5.36. The van der Waals surface area contributed by atoms with E-state index < -0.39 is 0 Å². The molecule has 0 radical (unpaired) electrons. The Labute approximate surface area is 100 Å². The van der Waals surface area contributed by atoms with E-state index in [0.717, 1.165) is 17.1 Å². The van der Waals surface area contributed by atoms with Gasteiger partial charge in [-0.3, -0.25) is 0 Å². The van der Waals surface area contributed by atoms with Crippen LogP contribution in [0.5, 0.6) is 0 Å². The van der Waals surface area contributed by atoms with Gasteiger partial charge >= 0.3 is 0 Å². The van der Waals surface area contributed by atoms with E-state index >= 15 is 0 Å². The van der Waals surface area contributed by atoms with Gasteiger partial charge in [-0.2, -0.15) is 0 Å². The first-order chi connectivity index (χ1) is 8.29. The standard InChI is InChI=1S/C13H16N4/c1-9-2-6-11(7-3-9)17-12(8-14)13(15-16-17)10-4-5-10/h2-3,6-7,10H,4-5,8,14H2,1H3. The zero-order valence-corrected chi connectivity index (χ0v) is 9.93. The molecule has 1 heterocycles. The van der Waals surface area contributed by atoms with Gasteiger partial charge in [-0.1, -0.05) is 22.9 Å². The molecule has 17 heavy (non-hydrogen) atoms. The van der Waals surface area contributed by atoms with Crippen molar-refractivity contribution in [3.63, 3.8) is 0 Å². The number of hydrogen-bond acceptors (Lipinski definition) is 3. The lowest BCUT2D eigenvalue weighted by molar-refractivity contribution is 0.761. The summed E-state index contributed by atoms with van der Waals surface area (Å²) in [7, 11) is 0. The van der Waals surface area contributed by atoms with Gasteiger partial charge in [0.2, 0.25) is 0 Å². The van der Waals surface area contributed by atoms with Crippen LogP contribution < -0.4 is 5.73 Å². The Kier molecular flexibility index (Phi) is 2.44. The maximum absolute atomic E-state index is 5.83. The maximum Gasteiger partial charge on any atom is 0.0907 e. The minimum absolute atomic E-state index is 0.493. The molecular weight excluding hydrogens is 212 g/mol. The normalized spacial score (nSPS) is 15.2. The van der Waals surface area contributed by atoms with Gasteiger partial charge in [0.15, 0.2) is 0 Å². The molecule has 1 saturated carbocycles. The average Bonchev–Trinajstić information content (AvgIpc) is 3.10. The van der Waals surface area contributed by atoms with E-state index in [1.54, 1.807) is 0 Å². The van der Waals surface area contributed by atoms with Crippen LogP contribution >= 0.6 is 0 Å². The summed E-state index contributed by atoms with van der Waals surface area (Å²) in [6, 6.07) is 8.27. The topological polar surface area (TPSA) is 56.7 Å². The number of aromatic nitrogens is 3. The van der Waals surface area contributed by atoms with Crippen LogP contribution in [0.3, 0.4) is 0 Å². The minimum atomic E-state index is 0.493. The highest BCUT2D eigenvalue weighted by atomic mass is 15.4. The third kappa shape index (κ3) is 1.85. The van der Waals surface area contributed by atoms with Crippen molar-refractivity contribution in [3.05, 3.63) is 41.2 Å². The molecule has 0 unspecified atom stereocenters. The van der Waals surface area contributed by atoms with Gasteiger partial charge in [0, 0.05) is 12.5 Å². The Morgan fingerprint density at radius 2 is 2.00 bits per heavy atom. The molecule has 4 nitrogen and oxygen atoms in total. The third-order valence-electron chi connectivity index (χ3n) is 3.23. The van der Waals surface area contributed by atoms with Crippen LogP contribution in [0.1, 0.15) is 35.7 Å². The molecule has 4 heteroatoms. The number of aryl methyl sites for hydroxylation is 1. The Bertz CT molecular complexity index is 523. The van der Waals surface area contributed by atoms with Crippen molar-refractivity contribution < 1.29 is 0 Å². The summed E-state index contributed by atoms with van der Waals surface area (Å²) in [6.07, 6.45) is 2.44. The van der Waals surface area contributed by atoms with Gasteiger partial charge in [-0.15, -0.1) is 5.10 Å². The summed E-state index contributed by atoms with van der Waals surface area (Å²) in [6.45, 7) is 2.57. The molecule has 2 aromatic rings. The molecule has 0 amide bonds. The maximum atomic E-state index is 5.83. The van der Waals surface area contributed by atoms with Crippen molar-refractivity contribution in [1.82, 2.24) is 15.0 Å². The first kappa shape index (κ1) is 10.5. The van der Waals surface area contributed by atoms with Crippen LogP contribution in [0.4, 0.5) is 0 Å². The first-order valence-corrected chi connectivity index (χ1v) is 6.01. The zero-order chi connectivity index (χ0) is 11.8. The highest BCUT2D eigenvalue weighted by Gasteiger charge is 2.30. The smallest absolute Gasteiger partial charge is 0.0907 e. The van der Waals surface area contributed by atoms with Crippen LogP contribution in [-0.4, -0.2) is 15.0 Å². The largest absolute Gasteiger partial charge is 0.325 e. The zero-order valence-electron chi connectivity index (χ0n) is 9.93. The van der Waals surface area contributed by atoms with E-state index in [9.17, 15) is 0 Å². The van der Waals surface area contributed by atoms with Crippen molar-refractivity contribution in [2.24, 2.45) is 5.73 Å². The van der Waals surface area contributed by atoms with Gasteiger partial charge in [0.05, 0.1) is 17.1 Å². The van der Waals surface area contributed by atoms with Crippen LogP contribution in [0.25, 0.3) is 5.69 Å². The van der Waals surface area contributed by atoms with Crippen molar-refractivity contribution >= 4 is 0 Å². The molecule has 0 saturated heterocycles. The Hall–Kier alpha value is -1.68. The van der Waals surface area contributed by atoms with Crippen molar-refractivity contribution in [2.75, 3.05) is 0 Å². The van der Waals surface area contributed by atoms with Crippen molar-refractivity contribution in [3.8, 4) is 5.69 Å². The summed E-state index contributed by atoms with van der Waals surface area (Å²) in [4.78, 5) is 0. The van der Waals surface area contributed by atoms with Crippen molar-refractivity contribution in [2.45, 2.75) is 32.2 Å². The molecule has 1 aromatic carbocycles. The molecule has 1 aromatic heterocycles. The van der Waals surface area contributed by atoms with E-state index in [4.69, 9.17) is 5.73 Å². The fourth-order valence-corrected chi connectivity index (χ4v) is 2.07.